The van der Waals surface area contributed by atoms with Crippen LogP contribution < -0.4 is 4.13 Å². The van der Waals surface area contributed by atoms with Crippen LogP contribution in [-0.2, 0) is 21.0 Å². The van der Waals surface area contributed by atoms with Crippen molar-refractivity contribution in [2.45, 2.75) is 9.79 Å². The van der Waals surface area contributed by atoms with E-state index in [1.807, 2.05) is 4.13 Å². The molecule has 2 aromatic carbocycles. The second kappa shape index (κ2) is 5.78. The Bertz CT molecular complexity index is 728. The van der Waals surface area contributed by atoms with Crippen molar-refractivity contribution >= 4 is 21.0 Å². The Labute approximate surface area is 117 Å². The van der Waals surface area contributed by atoms with E-state index in [4.69, 9.17) is 0 Å². The van der Waals surface area contributed by atoms with Gasteiger partial charge in [-0.25, -0.2) is 21.4 Å². The number of hydrogen-bond acceptors (Lipinski definition) is 3. The number of benzene rings is 2. The highest BCUT2D eigenvalue weighted by Crippen LogP contribution is 2.12. The average Bonchev–Trinajstić information content (AvgIpc) is 2.39. The standard InChI is InChI=1S/C12H9F2NO3S2/c13-9-1-5-11(6-2-9)19(16)15-20(17,18)12-7-3-10(14)4-8-12/h1-8,15H. The smallest absolute Gasteiger partial charge is 0.237 e. The molecule has 0 aliphatic carbocycles. The molecule has 0 spiro atoms. The number of hydrogen-bond donors (Lipinski definition) is 1. The van der Waals surface area contributed by atoms with Crippen molar-refractivity contribution in [2.75, 3.05) is 0 Å². The molecule has 2 aromatic rings. The van der Waals surface area contributed by atoms with Crippen LogP contribution in [0.4, 0.5) is 8.78 Å². The van der Waals surface area contributed by atoms with Crippen LogP contribution in [0.2, 0.25) is 0 Å². The van der Waals surface area contributed by atoms with Crippen molar-refractivity contribution in [3.05, 3.63) is 60.2 Å². The zero-order valence-corrected chi connectivity index (χ0v) is 11.5. The Hall–Kier alpha value is -1.64. The van der Waals surface area contributed by atoms with E-state index in [0.29, 0.717) is 0 Å². The summed E-state index contributed by atoms with van der Waals surface area (Å²) in [4.78, 5) is -0.105. The summed E-state index contributed by atoms with van der Waals surface area (Å²) in [7, 11) is -6.11. The van der Waals surface area contributed by atoms with E-state index in [1.165, 1.54) is 12.1 Å². The van der Waals surface area contributed by atoms with Gasteiger partial charge in [-0.1, -0.05) is 0 Å². The van der Waals surface area contributed by atoms with Gasteiger partial charge in [0.15, 0.2) is 0 Å². The average molecular weight is 317 g/mol. The Morgan fingerprint density at radius 3 is 1.80 bits per heavy atom. The van der Waals surface area contributed by atoms with Crippen molar-refractivity contribution < 1.29 is 21.4 Å². The van der Waals surface area contributed by atoms with Crippen molar-refractivity contribution in [3.63, 3.8) is 0 Å². The third kappa shape index (κ3) is 3.47. The maximum absolute atomic E-state index is 12.7. The first kappa shape index (κ1) is 14.8. The van der Waals surface area contributed by atoms with Gasteiger partial charge in [-0.2, -0.15) is 0 Å². The SMILES string of the molecule is O=S(NS(=O)(=O)c1ccc(F)cc1)c1ccc(F)cc1. The minimum atomic E-state index is -4.05. The zero-order valence-electron chi connectivity index (χ0n) is 9.92. The summed E-state index contributed by atoms with van der Waals surface area (Å²) < 4.78 is 63.0. The lowest BCUT2D eigenvalue weighted by atomic mass is 10.4. The van der Waals surface area contributed by atoms with Gasteiger partial charge in [0.2, 0.25) is 0 Å². The van der Waals surface area contributed by atoms with E-state index in [-0.39, 0.29) is 9.79 Å². The van der Waals surface area contributed by atoms with Crippen LogP contribution in [0.5, 0.6) is 0 Å². The molecule has 0 aliphatic rings. The molecule has 0 heterocycles. The predicted octanol–water partition coefficient (Wildman–Crippen LogP) is 1.97. The zero-order chi connectivity index (χ0) is 14.8. The van der Waals surface area contributed by atoms with E-state index in [2.05, 4.69) is 0 Å². The fourth-order valence-corrected chi connectivity index (χ4v) is 3.81. The van der Waals surface area contributed by atoms with Gasteiger partial charge in [-0.3, -0.25) is 0 Å². The Morgan fingerprint density at radius 2 is 1.30 bits per heavy atom. The topological polar surface area (TPSA) is 63.2 Å². The van der Waals surface area contributed by atoms with Crippen molar-refractivity contribution in [1.82, 2.24) is 4.13 Å². The van der Waals surface area contributed by atoms with Crippen LogP contribution in [0.15, 0.2) is 58.3 Å². The van der Waals surface area contributed by atoms with Crippen LogP contribution in [0.25, 0.3) is 0 Å². The molecule has 2 rings (SSSR count). The van der Waals surface area contributed by atoms with E-state index in [1.54, 1.807) is 0 Å². The number of halogens is 2. The molecule has 0 saturated heterocycles. The lowest BCUT2D eigenvalue weighted by Gasteiger charge is -2.06. The Balaban J connectivity index is 2.22. The molecule has 0 saturated carbocycles. The van der Waals surface area contributed by atoms with Crippen LogP contribution in [0.1, 0.15) is 0 Å². The summed E-state index contributed by atoms with van der Waals surface area (Å²) >= 11 is 0. The molecule has 0 aromatic heterocycles. The van der Waals surface area contributed by atoms with E-state index >= 15 is 0 Å². The van der Waals surface area contributed by atoms with Gasteiger partial charge in [0.25, 0.3) is 10.0 Å². The monoisotopic (exact) mass is 317 g/mol. The summed E-state index contributed by atoms with van der Waals surface area (Å²) in [6.07, 6.45) is 0. The molecule has 20 heavy (non-hydrogen) atoms. The highest BCUT2D eigenvalue weighted by molar-refractivity contribution is 8.02. The van der Waals surface area contributed by atoms with Gasteiger partial charge in [0.1, 0.15) is 22.6 Å². The lowest BCUT2D eigenvalue weighted by Crippen LogP contribution is -2.26. The second-order valence-electron chi connectivity index (χ2n) is 3.76. The van der Waals surface area contributed by atoms with E-state index in [0.717, 1.165) is 36.4 Å². The molecule has 0 radical (unpaired) electrons. The second-order valence-corrected chi connectivity index (χ2v) is 6.92. The first-order valence-electron chi connectivity index (χ1n) is 5.34. The first-order chi connectivity index (χ1) is 9.38. The van der Waals surface area contributed by atoms with Gasteiger partial charge in [-0.15, -0.1) is 4.13 Å². The van der Waals surface area contributed by atoms with Gasteiger partial charge in [-0.05, 0) is 48.5 Å². The molecule has 8 heteroatoms. The number of sulfonamides is 1. The van der Waals surface area contributed by atoms with Crippen LogP contribution in [0, 0.1) is 11.6 Å². The summed E-state index contributed by atoms with van der Waals surface area (Å²) in [5.74, 6) is -1.10. The third-order valence-electron chi connectivity index (χ3n) is 2.34. The number of rotatable bonds is 4. The molecular weight excluding hydrogens is 308 g/mol. The molecule has 0 bridgehead atoms. The molecule has 1 atom stereocenters. The summed E-state index contributed by atoms with van der Waals surface area (Å²) in [5.41, 5.74) is 0. The summed E-state index contributed by atoms with van der Waals surface area (Å²) in [6, 6.07) is 8.62. The third-order valence-corrected chi connectivity index (χ3v) is 5.41. The highest BCUT2D eigenvalue weighted by Gasteiger charge is 2.18. The van der Waals surface area contributed by atoms with Gasteiger partial charge >= 0.3 is 0 Å². The van der Waals surface area contributed by atoms with E-state index in [9.17, 15) is 21.4 Å². The van der Waals surface area contributed by atoms with Crippen LogP contribution in [-0.4, -0.2) is 12.6 Å². The molecule has 0 amide bonds. The quantitative estimate of drug-likeness (QED) is 0.938. The largest absolute Gasteiger partial charge is 0.251 e. The van der Waals surface area contributed by atoms with Gasteiger partial charge < -0.3 is 0 Å². The molecule has 4 nitrogen and oxygen atoms in total. The summed E-state index contributed by atoms with van der Waals surface area (Å²) in [5, 5.41) is 0. The normalized spacial score (nSPS) is 13.1. The molecule has 1 N–H and O–H groups in total. The minimum Gasteiger partial charge on any atom is -0.237 e. The Morgan fingerprint density at radius 1 is 0.850 bits per heavy atom. The lowest BCUT2D eigenvalue weighted by molar-refractivity contribution is 0.591. The van der Waals surface area contributed by atoms with Crippen molar-refractivity contribution in [3.8, 4) is 0 Å². The maximum atomic E-state index is 12.7. The molecular formula is C12H9F2NO3S2. The molecule has 1 unspecified atom stereocenters. The fourth-order valence-electron chi connectivity index (χ4n) is 1.37. The van der Waals surface area contributed by atoms with Crippen LogP contribution >= 0.6 is 0 Å². The first-order valence-corrected chi connectivity index (χ1v) is 7.97. The number of nitrogens with one attached hydrogen (secondary N) is 1. The van der Waals surface area contributed by atoms with Crippen LogP contribution in [0.3, 0.4) is 0 Å². The van der Waals surface area contributed by atoms with Crippen molar-refractivity contribution in [2.24, 2.45) is 0 Å². The molecule has 0 aliphatic heterocycles. The highest BCUT2D eigenvalue weighted by atomic mass is 32.3. The summed E-state index contributed by atoms with van der Waals surface area (Å²) in [6.45, 7) is 0. The maximum Gasteiger partial charge on any atom is 0.251 e. The fraction of sp³-hybridized carbons (Fsp3) is 0. The van der Waals surface area contributed by atoms with E-state index < -0.39 is 32.6 Å². The van der Waals surface area contributed by atoms with Gasteiger partial charge in [0.05, 0.1) is 9.79 Å². The minimum absolute atomic E-state index is 0.108. The molecule has 106 valence electrons. The van der Waals surface area contributed by atoms with Crippen molar-refractivity contribution in [1.29, 1.82) is 0 Å². The predicted molar refractivity (Wildman–Crippen MR) is 69.5 cm³/mol. The Kier molecular flexibility index (Phi) is 4.26. The van der Waals surface area contributed by atoms with Gasteiger partial charge in [0, 0.05) is 0 Å². The molecule has 0 fully saturated rings.